The Balaban J connectivity index is 1.58. The molecule has 0 spiro atoms. The highest BCUT2D eigenvalue weighted by molar-refractivity contribution is 6.07. The molecule has 3 aromatic rings. The number of methoxy groups -OCH3 is 1. The number of hydrogen-bond donors (Lipinski definition) is 0. The van der Waals surface area contributed by atoms with Gasteiger partial charge in [0.25, 0.3) is 0 Å². The van der Waals surface area contributed by atoms with E-state index in [9.17, 15) is 30.7 Å². The van der Waals surface area contributed by atoms with E-state index in [1.807, 2.05) is 0 Å². The largest absolute Gasteiger partial charge is 0.494 e. The van der Waals surface area contributed by atoms with Crippen molar-refractivity contribution in [3.63, 3.8) is 0 Å². The van der Waals surface area contributed by atoms with E-state index >= 15 is 0 Å². The van der Waals surface area contributed by atoms with Crippen LogP contribution in [-0.4, -0.2) is 30.4 Å². The predicted octanol–water partition coefficient (Wildman–Crippen LogP) is 5.97. The van der Waals surface area contributed by atoms with Crippen molar-refractivity contribution in [1.82, 2.24) is 5.16 Å². The summed E-state index contributed by atoms with van der Waals surface area (Å²) in [6, 6.07) is 6.31. The summed E-state index contributed by atoms with van der Waals surface area (Å²) in [5, 5.41) is 3.58. The molecule has 0 aliphatic carbocycles. The van der Waals surface area contributed by atoms with E-state index in [-0.39, 0.29) is 41.1 Å². The summed E-state index contributed by atoms with van der Waals surface area (Å²) in [7, 11) is 1.31. The van der Waals surface area contributed by atoms with Crippen LogP contribution in [0.3, 0.4) is 0 Å². The normalized spacial score (nSPS) is 16.1. The minimum Gasteiger partial charge on any atom is -0.494 e. The lowest BCUT2D eigenvalue weighted by atomic mass is 10.00. The van der Waals surface area contributed by atoms with Gasteiger partial charge >= 0.3 is 12.4 Å². The zero-order valence-corrected chi connectivity index (χ0v) is 17.2. The Hall–Kier alpha value is -3.70. The average molecular weight is 485 g/mol. The topological polar surface area (TPSA) is 60.0 Å². The fourth-order valence-corrected chi connectivity index (χ4v) is 3.38. The van der Waals surface area contributed by atoms with Gasteiger partial charge in [-0.2, -0.15) is 26.3 Å². The molecule has 0 saturated heterocycles. The van der Waals surface area contributed by atoms with E-state index in [1.165, 1.54) is 31.5 Å². The summed E-state index contributed by atoms with van der Waals surface area (Å²) in [5.74, 6) is -0.417. The minimum absolute atomic E-state index is 0.00994. The van der Waals surface area contributed by atoms with Crippen molar-refractivity contribution in [2.24, 2.45) is 9.98 Å². The van der Waals surface area contributed by atoms with Crippen LogP contribution >= 0.6 is 0 Å². The van der Waals surface area contributed by atoms with E-state index in [0.717, 1.165) is 0 Å². The first-order chi connectivity index (χ1) is 16.0. The zero-order valence-electron chi connectivity index (χ0n) is 17.2. The molecular weight excluding hydrogens is 471 g/mol. The Morgan fingerprint density at radius 1 is 0.971 bits per heavy atom. The SMILES string of the molecule is COc1cccc(C2=NC(Cc3cc(-c4ccc(C(F)(F)F)cc4C(F)(F)F)no3)C=N2)c1F. The maximum Gasteiger partial charge on any atom is 0.417 e. The van der Waals surface area contributed by atoms with E-state index < -0.39 is 40.9 Å². The van der Waals surface area contributed by atoms with E-state index in [1.54, 1.807) is 6.07 Å². The molecule has 12 heteroatoms. The molecule has 0 fully saturated rings. The van der Waals surface area contributed by atoms with Gasteiger partial charge in [-0.05, 0) is 24.3 Å². The molecule has 2 aromatic carbocycles. The number of rotatable bonds is 5. The Kier molecular flexibility index (Phi) is 5.92. The van der Waals surface area contributed by atoms with Gasteiger partial charge in [0.2, 0.25) is 0 Å². The van der Waals surface area contributed by atoms with Crippen molar-refractivity contribution in [3.05, 3.63) is 70.7 Å². The van der Waals surface area contributed by atoms with Gasteiger partial charge in [-0.25, -0.2) is 9.38 Å². The van der Waals surface area contributed by atoms with Crippen molar-refractivity contribution in [2.75, 3.05) is 7.11 Å². The number of benzene rings is 2. The average Bonchev–Trinajstić information content (AvgIpc) is 3.42. The molecule has 1 aliphatic heterocycles. The first kappa shape index (κ1) is 23.5. The molecule has 34 heavy (non-hydrogen) atoms. The third kappa shape index (κ3) is 4.66. The number of hydrogen-bond acceptors (Lipinski definition) is 5. The Bertz CT molecular complexity index is 1280. The number of aromatic nitrogens is 1. The maximum atomic E-state index is 14.4. The van der Waals surface area contributed by atoms with E-state index in [2.05, 4.69) is 15.1 Å². The molecule has 1 aromatic heterocycles. The molecular formula is C22H14F7N3O2. The van der Waals surface area contributed by atoms with Gasteiger partial charge in [0.15, 0.2) is 17.4 Å². The number of ether oxygens (including phenoxy) is 1. The van der Waals surface area contributed by atoms with Crippen LogP contribution in [0.2, 0.25) is 0 Å². The Morgan fingerprint density at radius 3 is 2.41 bits per heavy atom. The van der Waals surface area contributed by atoms with E-state index in [0.29, 0.717) is 12.1 Å². The monoisotopic (exact) mass is 485 g/mol. The molecule has 0 bridgehead atoms. The first-order valence-electron chi connectivity index (χ1n) is 9.66. The van der Waals surface area contributed by atoms with Crippen molar-refractivity contribution < 1.29 is 40.0 Å². The second-order valence-corrected chi connectivity index (χ2v) is 7.26. The highest BCUT2D eigenvalue weighted by Crippen LogP contribution is 2.40. The molecule has 1 aliphatic rings. The molecule has 1 unspecified atom stereocenters. The van der Waals surface area contributed by atoms with Crippen LogP contribution < -0.4 is 4.74 Å². The van der Waals surface area contributed by atoms with Gasteiger partial charge in [-0.15, -0.1) is 0 Å². The minimum atomic E-state index is -5.05. The van der Waals surface area contributed by atoms with E-state index in [4.69, 9.17) is 9.26 Å². The smallest absolute Gasteiger partial charge is 0.417 e. The van der Waals surface area contributed by atoms with Crippen LogP contribution in [0.4, 0.5) is 30.7 Å². The Morgan fingerprint density at radius 2 is 1.74 bits per heavy atom. The van der Waals surface area contributed by atoms with Crippen LogP contribution in [0.25, 0.3) is 11.3 Å². The predicted molar refractivity (Wildman–Crippen MR) is 107 cm³/mol. The van der Waals surface area contributed by atoms with Gasteiger partial charge in [0.1, 0.15) is 11.5 Å². The van der Waals surface area contributed by atoms with Gasteiger partial charge in [-0.1, -0.05) is 17.3 Å². The number of halogens is 7. The number of aliphatic imine (C=N–C) groups is 2. The number of amidine groups is 1. The molecule has 0 N–H and O–H groups in total. The summed E-state index contributed by atoms with van der Waals surface area (Å²) in [5.41, 5.74) is -3.65. The summed E-state index contributed by atoms with van der Waals surface area (Å²) >= 11 is 0. The van der Waals surface area contributed by atoms with Crippen LogP contribution in [0.1, 0.15) is 22.5 Å². The fourth-order valence-electron chi connectivity index (χ4n) is 3.38. The van der Waals surface area contributed by atoms with Crippen LogP contribution in [0, 0.1) is 5.82 Å². The summed E-state index contributed by atoms with van der Waals surface area (Å²) in [6.07, 6.45) is -8.54. The lowest BCUT2D eigenvalue weighted by molar-refractivity contribution is -0.142. The molecule has 2 heterocycles. The van der Waals surface area contributed by atoms with Crippen molar-refractivity contribution in [2.45, 2.75) is 24.8 Å². The van der Waals surface area contributed by atoms with Crippen LogP contribution in [0.5, 0.6) is 5.75 Å². The second kappa shape index (κ2) is 8.58. The van der Waals surface area contributed by atoms with Gasteiger partial charge in [0.05, 0.1) is 29.8 Å². The summed E-state index contributed by atoms with van der Waals surface area (Å²) < 4.78 is 103. The molecule has 0 saturated carbocycles. The molecule has 4 rings (SSSR count). The van der Waals surface area contributed by atoms with Crippen molar-refractivity contribution in [3.8, 4) is 17.0 Å². The Labute approximate surface area is 187 Å². The lowest BCUT2D eigenvalue weighted by Crippen LogP contribution is -2.12. The molecule has 1 atom stereocenters. The molecule has 0 radical (unpaired) electrons. The number of alkyl halides is 6. The van der Waals surface area contributed by atoms with Gasteiger partial charge < -0.3 is 9.26 Å². The molecule has 0 amide bonds. The lowest BCUT2D eigenvalue weighted by Gasteiger charge is -2.14. The number of nitrogens with zero attached hydrogens (tertiary/aromatic N) is 3. The van der Waals surface area contributed by atoms with Crippen LogP contribution in [0.15, 0.2) is 57.0 Å². The van der Waals surface area contributed by atoms with Gasteiger partial charge in [-0.3, -0.25) is 4.99 Å². The quantitative estimate of drug-likeness (QED) is 0.419. The second-order valence-electron chi connectivity index (χ2n) is 7.26. The summed E-state index contributed by atoms with van der Waals surface area (Å²) in [6.45, 7) is 0. The first-order valence-corrected chi connectivity index (χ1v) is 9.66. The fraction of sp³-hybridized carbons (Fsp3) is 0.227. The third-order valence-electron chi connectivity index (χ3n) is 4.98. The van der Waals surface area contributed by atoms with Crippen molar-refractivity contribution in [1.29, 1.82) is 0 Å². The maximum absolute atomic E-state index is 14.4. The molecule has 5 nitrogen and oxygen atoms in total. The zero-order chi connectivity index (χ0) is 24.7. The van der Waals surface area contributed by atoms with Gasteiger partial charge in [0, 0.05) is 24.3 Å². The van der Waals surface area contributed by atoms with Crippen molar-refractivity contribution >= 4 is 12.1 Å². The highest BCUT2D eigenvalue weighted by Gasteiger charge is 2.39. The third-order valence-corrected chi connectivity index (χ3v) is 4.98. The highest BCUT2D eigenvalue weighted by atomic mass is 19.4. The standard InChI is InChI=1S/C22H14F7N3O2/c1-33-18-4-2-3-15(19(18)23)20-30-10-12(31-20)8-13-9-17(32-34-13)14-6-5-11(21(24,25)26)7-16(14)22(27,28)29/h2-7,9-10,12H,8H2,1H3. The molecule has 178 valence electrons. The van der Waals surface area contributed by atoms with Crippen LogP contribution in [-0.2, 0) is 18.8 Å². The summed E-state index contributed by atoms with van der Waals surface area (Å²) in [4.78, 5) is 8.35.